The van der Waals surface area contributed by atoms with E-state index in [-0.39, 0.29) is 0 Å². The van der Waals surface area contributed by atoms with E-state index in [1.54, 1.807) is 0 Å². The zero-order valence-corrected chi connectivity index (χ0v) is 7.32. The minimum absolute atomic E-state index is 0.355. The highest BCUT2D eigenvalue weighted by molar-refractivity contribution is 4.86. The molecular weight excluding hydrogens is 160 g/mol. The minimum atomic E-state index is -2.31. The van der Waals surface area contributed by atoms with E-state index in [4.69, 9.17) is 6.42 Å². The van der Waals surface area contributed by atoms with E-state index in [1.807, 2.05) is 6.92 Å². The normalized spacial score (nSPS) is 12.9. The molecule has 0 saturated heterocycles. The van der Waals surface area contributed by atoms with E-state index in [9.17, 15) is 8.78 Å². The number of alkyl halides is 2. The predicted molar refractivity (Wildman–Crippen MR) is 46.2 cm³/mol. The Hall–Kier alpha value is -0.620. The van der Waals surface area contributed by atoms with E-state index in [0.29, 0.717) is 19.4 Å². The number of rotatable bonds is 6. The Morgan fingerprint density at radius 2 is 2.17 bits per heavy atom. The standard InChI is InChI=1S/C9H15F2N/c1-3-5-6-8(9(10)11)12-7-4-2/h1,8-9,12H,4-7H2,2H3. The van der Waals surface area contributed by atoms with Gasteiger partial charge in [-0.3, -0.25) is 0 Å². The van der Waals surface area contributed by atoms with Crippen LogP contribution in [0.4, 0.5) is 8.78 Å². The van der Waals surface area contributed by atoms with Crippen LogP contribution in [0.15, 0.2) is 0 Å². The summed E-state index contributed by atoms with van der Waals surface area (Å²) in [7, 11) is 0. The summed E-state index contributed by atoms with van der Waals surface area (Å²) in [5.74, 6) is 2.36. The van der Waals surface area contributed by atoms with Crippen molar-refractivity contribution >= 4 is 0 Å². The zero-order chi connectivity index (χ0) is 9.40. The molecule has 12 heavy (non-hydrogen) atoms. The molecule has 0 amide bonds. The molecule has 1 N–H and O–H groups in total. The molecular formula is C9H15F2N. The molecule has 0 saturated carbocycles. The van der Waals surface area contributed by atoms with Gasteiger partial charge in [-0.2, -0.15) is 0 Å². The van der Waals surface area contributed by atoms with Crippen LogP contribution >= 0.6 is 0 Å². The van der Waals surface area contributed by atoms with Crippen LogP contribution in [-0.2, 0) is 0 Å². The molecule has 0 aromatic heterocycles. The van der Waals surface area contributed by atoms with Gasteiger partial charge in [0.15, 0.2) is 0 Å². The van der Waals surface area contributed by atoms with Crippen molar-refractivity contribution in [3.8, 4) is 12.3 Å². The van der Waals surface area contributed by atoms with Gasteiger partial charge in [0.05, 0.1) is 6.04 Å². The Bertz CT molecular complexity index is 140. The van der Waals surface area contributed by atoms with Crippen molar-refractivity contribution < 1.29 is 8.78 Å². The van der Waals surface area contributed by atoms with E-state index < -0.39 is 12.5 Å². The van der Waals surface area contributed by atoms with Gasteiger partial charge < -0.3 is 5.32 Å². The maximum atomic E-state index is 12.2. The van der Waals surface area contributed by atoms with Crippen LogP contribution in [0.25, 0.3) is 0 Å². The van der Waals surface area contributed by atoms with Gasteiger partial charge in [-0.15, -0.1) is 12.3 Å². The first-order valence-corrected chi connectivity index (χ1v) is 4.17. The molecule has 0 fully saturated rings. The quantitative estimate of drug-likeness (QED) is 0.609. The second-order valence-electron chi connectivity index (χ2n) is 2.64. The first-order valence-electron chi connectivity index (χ1n) is 4.17. The number of terminal acetylenes is 1. The predicted octanol–water partition coefficient (Wildman–Crippen LogP) is 2.03. The smallest absolute Gasteiger partial charge is 0.253 e. The summed E-state index contributed by atoms with van der Waals surface area (Å²) in [5.41, 5.74) is 0. The average Bonchev–Trinajstić information content (AvgIpc) is 2.04. The number of nitrogens with one attached hydrogen (secondary N) is 1. The zero-order valence-electron chi connectivity index (χ0n) is 7.32. The van der Waals surface area contributed by atoms with E-state index >= 15 is 0 Å². The van der Waals surface area contributed by atoms with E-state index in [0.717, 1.165) is 6.42 Å². The van der Waals surface area contributed by atoms with Crippen LogP contribution in [0.3, 0.4) is 0 Å². The van der Waals surface area contributed by atoms with E-state index in [1.165, 1.54) is 0 Å². The minimum Gasteiger partial charge on any atom is -0.309 e. The third kappa shape index (κ3) is 5.09. The van der Waals surface area contributed by atoms with Crippen LogP contribution in [0, 0.1) is 12.3 Å². The monoisotopic (exact) mass is 175 g/mol. The maximum Gasteiger partial charge on any atom is 0.253 e. The highest BCUT2D eigenvalue weighted by atomic mass is 19.3. The van der Waals surface area contributed by atoms with Gasteiger partial charge in [0.25, 0.3) is 6.43 Å². The molecule has 0 radical (unpaired) electrons. The lowest BCUT2D eigenvalue weighted by atomic mass is 10.1. The summed E-state index contributed by atoms with van der Waals surface area (Å²) >= 11 is 0. The van der Waals surface area contributed by atoms with Gasteiger partial charge in [0.2, 0.25) is 0 Å². The van der Waals surface area contributed by atoms with Crippen LogP contribution in [-0.4, -0.2) is 19.0 Å². The SMILES string of the molecule is C#CCCC(NCCC)C(F)F. The summed E-state index contributed by atoms with van der Waals surface area (Å²) in [4.78, 5) is 0. The molecule has 0 aromatic rings. The molecule has 70 valence electrons. The molecule has 1 unspecified atom stereocenters. The second-order valence-corrected chi connectivity index (χ2v) is 2.64. The Kier molecular flexibility index (Phi) is 6.69. The largest absolute Gasteiger partial charge is 0.309 e. The van der Waals surface area contributed by atoms with Crippen LogP contribution in [0.1, 0.15) is 26.2 Å². The van der Waals surface area contributed by atoms with Gasteiger partial charge in [-0.1, -0.05) is 6.92 Å². The van der Waals surface area contributed by atoms with Crippen molar-refractivity contribution in [1.82, 2.24) is 5.32 Å². The van der Waals surface area contributed by atoms with Crippen LogP contribution < -0.4 is 5.32 Å². The lowest BCUT2D eigenvalue weighted by Gasteiger charge is -2.15. The summed E-state index contributed by atoms with van der Waals surface area (Å²) in [6.45, 7) is 2.57. The van der Waals surface area contributed by atoms with Crippen LogP contribution in [0.5, 0.6) is 0 Å². The van der Waals surface area contributed by atoms with E-state index in [2.05, 4.69) is 11.2 Å². The Balaban J connectivity index is 3.64. The van der Waals surface area contributed by atoms with Crippen LogP contribution in [0.2, 0.25) is 0 Å². The molecule has 0 bridgehead atoms. The lowest BCUT2D eigenvalue weighted by molar-refractivity contribution is 0.0949. The second kappa shape index (κ2) is 7.05. The van der Waals surface area contributed by atoms with Crippen molar-refractivity contribution in [3.05, 3.63) is 0 Å². The molecule has 3 heteroatoms. The first-order chi connectivity index (χ1) is 5.72. The maximum absolute atomic E-state index is 12.2. The third-order valence-electron chi connectivity index (χ3n) is 1.56. The number of halogens is 2. The van der Waals surface area contributed by atoms with Gasteiger partial charge in [0, 0.05) is 6.42 Å². The summed E-state index contributed by atoms with van der Waals surface area (Å²) in [6.07, 6.45) is 4.29. The fourth-order valence-corrected chi connectivity index (χ4v) is 0.886. The van der Waals surface area contributed by atoms with Crippen molar-refractivity contribution in [3.63, 3.8) is 0 Å². The summed E-state index contributed by atoms with van der Waals surface area (Å²) < 4.78 is 24.4. The summed E-state index contributed by atoms with van der Waals surface area (Å²) in [6, 6.07) is -0.735. The average molecular weight is 175 g/mol. The Morgan fingerprint density at radius 1 is 1.50 bits per heavy atom. The topological polar surface area (TPSA) is 12.0 Å². The molecule has 0 spiro atoms. The highest BCUT2D eigenvalue weighted by Gasteiger charge is 2.17. The molecule has 1 atom stereocenters. The third-order valence-corrected chi connectivity index (χ3v) is 1.56. The first kappa shape index (κ1) is 11.4. The molecule has 1 nitrogen and oxygen atoms in total. The molecule has 0 aliphatic heterocycles. The van der Waals surface area contributed by atoms with Gasteiger partial charge in [-0.05, 0) is 19.4 Å². The van der Waals surface area contributed by atoms with Gasteiger partial charge in [-0.25, -0.2) is 8.78 Å². The van der Waals surface area contributed by atoms with Crippen molar-refractivity contribution in [2.45, 2.75) is 38.7 Å². The molecule has 0 heterocycles. The molecule has 0 rings (SSSR count). The van der Waals surface area contributed by atoms with Crippen molar-refractivity contribution in [1.29, 1.82) is 0 Å². The van der Waals surface area contributed by atoms with Crippen molar-refractivity contribution in [2.75, 3.05) is 6.54 Å². The Morgan fingerprint density at radius 3 is 2.58 bits per heavy atom. The highest BCUT2D eigenvalue weighted by Crippen LogP contribution is 2.07. The number of hydrogen-bond acceptors (Lipinski definition) is 1. The molecule has 0 aliphatic rings. The fourth-order valence-electron chi connectivity index (χ4n) is 0.886. The fraction of sp³-hybridized carbons (Fsp3) is 0.778. The number of hydrogen-bond donors (Lipinski definition) is 1. The van der Waals surface area contributed by atoms with Crippen molar-refractivity contribution in [2.24, 2.45) is 0 Å². The molecule has 0 aliphatic carbocycles. The Labute approximate surface area is 72.5 Å². The van der Waals surface area contributed by atoms with Gasteiger partial charge >= 0.3 is 0 Å². The summed E-state index contributed by atoms with van der Waals surface area (Å²) in [5, 5.41) is 2.76. The van der Waals surface area contributed by atoms with Gasteiger partial charge in [0.1, 0.15) is 0 Å². The lowest BCUT2D eigenvalue weighted by Crippen LogP contribution is -2.35. The molecule has 0 aromatic carbocycles.